The van der Waals surface area contributed by atoms with Crippen molar-refractivity contribution in [2.75, 3.05) is 19.8 Å². The molecule has 0 radical (unpaired) electrons. The molecule has 1 heterocycles. The summed E-state index contributed by atoms with van der Waals surface area (Å²) in [4.78, 5) is 0.215. The van der Waals surface area contributed by atoms with E-state index in [0.717, 1.165) is 5.56 Å². The van der Waals surface area contributed by atoms with E-state index < -0.39 is 16.1 Å². The van der Waals surface area contributed by atoms with Crippen molar-refractivity contribution in [2.24, 2.45) is 0 Å². The number of aryl methyl sites for hydroxylation is 2. The Morgan fingerprint density at radius 3 is 2.52 bits per heavy atom. The molecule has 0 saturated carbocycles. The van der Waals surface area contributed by atoms with Crippen molar-refractivity contribution in [3.05, 3.63) is 53.1 Å². The first kappa shape index (κ1) is 17.7. The molecule has 7 heteroatoms. The summed E-state index contributed by atoms with van der Waals surface area (Å²) in [6, 6.07) is 10.2. The predicted molar refractivity (Wildman–Crippen MR) is 93.5 cm³/mol. The summed E-state index contributed by atoms with van der Waals surface area (Å²) in [5.74, 6) is 1.18. The SMILES string of the molecule is Cc1ccc(S(=O)(=O)NCC(O)c2ccc3c(c2)OCCO3)c(C)c1. The summed E-state index contributed by atoms with van der Waals surface area (Å²) in [5, 5.41) is 10.3. The van der Waals surface area contributed by atoms with Crippen LogP contribution in [0.4, 0.5) is 0 Å². The first-order chi connectivity index (χ1) is 11.9. The molecular weight excluding hydrogens is 342 g/mol. The maximum absolute atomic E-state index is 12.5. The zero-order valence-corrected chi connectivity index (χ0v) is 15.0. The van der Waals surface area contributed by atoms with Crippen molar-refractivity contribution in [1.29, 1.82) is 0 Å². The molecule has 1 unspecified atom stereocenters. The molecule has 2 aromatic carbocycles. The number of aliphatic hydroxyl groups excluding tert-OH is 1. The second-order valence-corrected chi connectivity index (χ2v) is 7.78. The predicted octanol–water partition coefficient (Wildman–Crippen LogP) is 2.09. The van der Waals surface area contributed by atoms with Crippen molar-refractivity contribution in [2.45, 2.75) is 24.8 Å². The molecule has 1 atom stereocenters. The topological polar surface area (TPSA) is 84.9 Å². The number of hydrogen-bond acceptors (Lipinski definition) is 5. The first-order valence-corrected chi connectivity index (χ1v) is 9.50. The van der Waals surface area contributed by atoms with E-state index in [2.05, 4.69) is 4.72 Å². The fraction of sp³-hybridized carbons (Fsp3) is 0.333. The Labute approximate surface area is 147 Å². The van der Waals surface area contributed by atoms with Gasteiger partial charge >= 0.3 is 0 Å². The smallest absolute Gasteiger partial charge is 0.240 e. The maximum Gasteiger partial charge on any atom is 0.240 e. The van der Waals surface area contributed by atoms with Crippen LogP contribution in [0, 0.1) is 13.8 Å². The molecule has 0 fully saturated rings. The lowest BCUT2D eigenvalue weighted by atomic mass is 10.1. The van der Waals surface area contributed by atoms with Gasteiger partial charge in [-0.3, -0.25) is 0 Å². The highest BCUT2D eigenvalue weighted by Crippen LogP contribution is 2.32. The van der Waals surface area contributed by atoms with Crippen LogP contribution in [0.2, 0.25) is 0 Å². The van der Waals surface area contributed by atoms with Crippen LogP contribution < -0.4 is 14.2 Å². The van der Waals surface area contributed by atoms with E-state index in [1.807, 2.05) is 13.0 Å². The van der Waals surface area contributed by atoms with Gasteiger partial charge < -0.3 is 14.6 Å². The number of nitrogens with one attached hydrogen (secondary N) is 1. The third-order valence-corrected chi connectivity index (χ3v) is 5.62. The van der Waals surface area contributed by atoms with Crippen molar-refractivity contribution in [3.8, 4) is 11.5 Å². The van der Waals surface area contributed by atoms with E-state index in [-0.39, 0.29) is 11.4 Å². The van der Waals surface area contributed by atoms with E-state index >= 15 is 0 Å². The average Bonchev–Trinajstić information content (AvgIpc) is 2.59. The highest BCUT2D eigenvalue weighted by Gasteiger charge is 2.20. The average molecular weight is 363 g/mol. The summed E-state index contributed by atoms with van der Waals surface area (Å²) in [7, 11) is -3.69. The number of ether oxygens (including phenoxy) is 2. The van der Waals surface area contributed by atoms with Crippen LogP contribution in [0.15, 0.2) is 41.3 Å². The molecule has 6 nitrogen and oxygen atoms in total. The molecule has 1 aliphatic rings. The van der Waals surface area contributed by atoms with Gasteiger partial charge in [0, 0.05) is 6.54 Å². The molecule has 2 aromatic rings. The molecule has 25 heavy (non-hydrogen) atoms. The van der Waals surface area contributed by atoms with Gasteiger partial charge in [-0.2, -0.15) is 0 Å². The van der Waals surface area contributed by atoms with Crippen LogP contribution >= 0.6 is 0 Å². The van der Waals surface area contributed by atoms with E-state index in [1.54, 1.807) is 37.3 Å². The minimum absolute atomic E-state index is 0.130. The largest absolute Gasteiger partial charge is 0.486 e. The van der Waals surface area contributed by atoms with Crippen molar-refractivity contribution >= 4 is 10.0 Å². The van der Waals surface area contributed by atoms with Gasteiger partial charge in [-0.05, 0) is 43.2 Å². The van der Waals surface area contributed by atoms with Crippen LogP contribution in [0.25, 0.3) is 0 Å². The quantitative estimate of drug-likeness (QED) is 0.850. The van der Waals surface area contributed by atoms with Gasteiger partial charge in [-0.25, -0.2) is 13.1 Å². The van der Waals surface area contributed by atoms with Crippen molar-refractivity contribution in [1.82, 2.24) is 4.72 Å². The zero-order valence-electron chi connectivity index (χ0n) is 14.2. The third kappa shape index (κ3) is 3.95. The fourth-order valence-corrected chi connectivity index (χ4v) is 4.02. The summed E-state index contributed by atoms with van der Waals surface area (Å²) in [6.07, 6.45) is -0.989. The minimum Gasteiger partial charge on any atom is -0.486 e. The number of sulfonamides is 1. The van der Waals surface area contributed by atoms with Crippen molar-refractivity contribution < 1.29 is 23.0 Å². The standard InChI is InChI=1S/C18H21NO5S/c1-12-3-6-18(13(2)9-12)25(21,22)19-11-15(20)14-4-5-16-17(10-14)24-8-7-23-16/h3-6,9-10,15,19-20H,7-8,11H2,1-2H3. The van der Waals surface area contributed by atoms with Gasteiger partial charge in [0.05, 0.1) is 11.0 Å². The van der Waals surface area contributed by atoms with Crippen molar-refractivity contribution in [3.63, 3.8) is 0 Å². The zero-order chi connectivity index (χ0) is 18.0. The minimum atomic E-state index is -3.69. The Bertz CT molecular complexity index is 879. The van der Waals surface area contributed by atoms with Crippen LogP contribution in [0.5, 0.6) is 11.5 Å². The number of aliphatic hydroxyl groups is 1. The van der Waals surface area contributed by atoms with Gasteiger partial charge in [-0.15, -0.1) is 0 Å². The first-order valence-electron chi connectivity index (χ1n) is 8.01. The molecule has 0 aromatic heterocycles. The lowest BCUT2D eigenvalue weighted by molar-refractivity contribution is 0.165. The molecule has 1 aliphatic heterocycles. The van der Waals surface area contributed by atoms with Crippen LogP contribution in [-0.2, 0) is 10.0 Å². The number of hydrogen-bond donors (Lipinski definition) is 2. The number of rotatable bonds is 5. The van der Waals surface area contributed by atoms with Crippen LogP contribution in [-0.4, -0.2) is 33.3 Å². The Morgan fingerprint density at radius 2 is 1.80 bits per heavy atom. The lowest BCUT2D eigenvalue weighted by Gasteiger charge is -2.20. The van der Waals surface area contributed by atoms with E-state index in [0.29, 0.717) is 35.8 Å². The summed E-state index contributed by atoms with van der Waals surface area (Å²) >= 11 is 0. The Kier molecular flexibility index (Phi) is 4.99. The van der Waals surface area contributed by atoms with Gasteiger partial charge in [0.2, 0.25) is 10.0 Å². The van der Waals surface area contributed by atoms with Gasteiger partial charge in [-0.1, -0.05) is 23.8 Å². The van der Waals surface area contributed by atoms with Gasteiger partial charge in [0.15, 0.2) is 11.5 Å². The van der Waals surface area contributed by atoms with Crippen LogP contribution in [0.3, 0.4) is 0 Å². The Hall–Kier alpha value is -2.09. The second-order valence-electron chi connectivity index (χ2n) is 6.04. The second kappa shape index (κ2) is 7.03. The third-order valence-electron chi connectivity index (χ3n) is 4.04. The molecule has 3 rings (SSSR count). The maximum atomic E-state index is 12.5. The van der Waals surface area contributed by atoms with Gasteiger partial charge in [0.25, 0.3) is 0 Å². The van der Waals surface area contributed by atoms with E-state index in [4.69, 9.17) is 9.47 Å². The van der Waals surface area contributed by atoms with E-state index in [9.17, 15) is 13.5 Å². The highest BCUT2D eigenvalue weighted by atomic mass is 32.2. The highest BCUT2D eigenvalue weighted by molar-refractivity contribution is 7.89. The fourth-order valence-electron chi connectivity index (χ4n) is 2.75. The Balaban J connectivity index is 1.72. The monoisotopic (exact) mass is 363 g/mol. The summed E-state index contributed by atoms with van der Waals surface area (Å²) < 4.78 is 38.3. The lowest BCUT2D eigenvalue weighted by Crippen LogP contribution is -2.29. The van der Waals surface area contributed by atoms with Gasteiger partial charge in [0.1, 0.15) is 13.2 Å². The van der Waals surface area contributed by atoms with Crippen LogP contribution in [0.1, 0.15) is 22.8 Å². The summed E-state index contributed by atoms with van der Waals surface area (Å²) in [6.45, 7) is 4.47. The molecule has 0 aliphatic carbocycles. The number of benzene rings is 2. The Morgan fingerprint density at radius 1 is 1.08 bits per heavy atom. The molecule has 134 valence electrons. The normalized spacial score (nSPS) is 15.0. The number of fused-ring (bicyclic) bond motifs is 1. The summed E-state index contributed by atoms with van der Waals surface area (Å²) in [5.41, 5.74) is 2.22. The molecular formula is C18H21NO5S. The molecule has 2 N–H and O–H groups in total. The molecule has 0 saturated heterocycles. The molecule has 0 spiro atoms. The molecule has 0 bridgehead atoms. The van der Waals surface area contributed by atoms with E-state index in [1.165, 1.54) is 0 Å². The molecule has 0 amide bonds.